The molecule has 0 aromatic rings. The van der Waals surface area contributed by atoms with Gasteiger partial charge in [-0.15, -0.1) is 0 Å². The first-order valence-corrected chi connectivity index (χ1v) is 10.8. The van der Waals surface area contributed by atoms with Gasteiger partial charge in [-0.25, -0.2) is 0 Å². The Kier molecular flexibility index (Phi) is 5.53. The Morgan fingerprint density at radius 2 is 1.72 bits per heavy atom. The molecule has 3 aliphatic rings. The van der Waals surface area contributed by atoms with Crippen molar-refractivity contribution in [2.45, 2.75) is 97.9 Å². The molecule has 0 radical (unpaired) electrons. The normalized spacial score (nSPS) is 39.7. The van der Waals surface area contributed by atoms with E-state index in [2.05, 4.69) is 27.4 Å². The Labute approximate surface area is 174 Å². The van der Waals surface area contributed by atoms with E-state index in [1.165, 1.54) is 19.4 Å². The van der Waals surface area contributed by atoms with Gasteiger partial charge in [0.25, 0.3) is 0 Å². The largest absolute Gasteiger partial charge is 0.458 e. The molecular weight excluding hydrogens is 368 g/mol. The van der Waals surface area contributed by atoms with E-state index in [4.69, 9.17) is 9.47 Å². The highest BCUT2D eigenvalue weighted by Crippen LogP contribution is 2.63. The molecule has 0 aromatic heterocycles. The summed E-state index contributed by atoms with van der Waals surface area (Å²) in [5, 5.41) is 12.1. The fourth-order valence-corrected chi connectivity index (χ4v) is 6.29. The van der Waals surface area contributed by atoms with E-state index >= 15 is 0 Å². The van der Waals surface area contributed by atoms with Crippen LogP contribution in [0.25, 0.3) is 0 Å². The van der Waals surface area contributed by atoms with Gasteiger partial charge in [-0.2, -0.15) is 0 Å². The number of carbonyl (C=O) groups is 2. The molecule has 0 saturated heterocycles. The Bertz CT molecular complexity index is 765. The molecule has 0 aromatic carbocycles. The second kappa shape index (κ2) is 7.26. The summed E-state index contributed by atoms with van der Waals surface area (Å²) in [6, 6.07) is 0. The minimum atomic E-state index is -1.19. The zero-order chi connectivity index (χ0) is 21.8. The highest BCUT2D eigenvalue weighted by atomic mass is 16.6. The number of rotatable bonds is 3. The van der Waals surface area contributed by atoms with E-state index in [-0.39, 0.29) is 11.3 Å². The van der Waals surface area contributed by atoms with Crippen molar-refractivity contribution in [1.29, 1.82) is 0 Å². The molecule has 29 heavy (non-hydrogen) atoms. The van der Waals surface area contributed by atoms with Crippen molar-refractivity contribution < 1.29 is 24.2 Å². The average Bonchev–Trinajstić information content (AvgIpc) is 2.90. The van der Waals surface area contributed by atoms with Gasteiger partial charge in [-0.1, -0.05) is 39.8 Å². The molecule has 5 nitrogen and oxygen atoms in total. The van der Waals surface area contributed by atoms with Crippen molar-refractivity contribution in [1.82, 2.24) is 0 Å². The molecule has 3 aliphatic carbocycles. The molecule has 0 heterocycles. The fourth-order valence-electron chi connectivity index (χ4n) is 6.29. The molecular formula is C24H36O5. The fraction of sp³-hybridized carbons (Fsp3) is 0.750. The maximum atomic E-state index is 12.2. The molecule has 5 heteroatoms. The van der Waals surface area contributed by atoms with Crippen molar-refractivity contribution in [3.63, 3.8) is 0 Å². The number of aliphatic hydroxyl groups is 1. The van der Waals surface area contributed by atoms with Crippen LogP contribution in [0.3, 0.4) is 0 Å². The maximum Gasteiger partial charge on any atom is 0.303 e. The summed E-state index contributed by atoms with van der Waals surface area (Å²) >= 11 is 0. The van der Waals surface area contributed by atoms with Crippen LogP contribution in [0, 0.1) is 16.7 Å². The lowest BCUT2D eigenvalue weighted by Gasteiger charge is -2.53. The third-order valence-electron chi connectivity index (χ3n) is 7.76. The standard InChI is InChI=1S/C24H36O5/c1-14(2)18-10-12-22(6)13-24(27)15(3)9-8-11-23(24,7)21(29-17(5)26)20(19(18)22)28-16(4)25/h14,20-21,27H,3,8-13H2,1-2,4-7H3/t20?,21?,22-,23+,24+/m1/s1. The molecule has 2 unspecified atom stereocenters. The molecule has 0 spiro atoms. The zero-order valence-electron chi connectivity index (χ0n) is 18.8. The summed E-state index contributed by atoms with van der Waals surface area (Å²) in [5.41, 5.74) is 0.789. The predicted molar refractivity (Wildman–Crippen MR) is 111 cm³/mol. The van der Waals surface area contributed by atoms with Gasteiger partial charge in [0.1, 0.15) is 0 Å². The van der Waals surface area contributed by atoms with Crippen LogP contribution in [0.1, 0.15) is 80.1 Å². The van der Waals surface area contributed by atoms with Crippen LogP contribution >= 0.6 is 0 Å². The SMILES string of the molecule is C=C1CCC[C@@]2(C)C(OC(C)=O)C(OC(C)=O)C3=C(C(C)C)CC[C@]3(C)C[C@]12O. The van der Waals surface area contributed by atoms with E-state index in [9.17, 15) is 14.7 Å². The van der Waals surface area contributed by atoms with Crippen molar-refractivity contribution in [2.75, 3.05) is 0 Å². The second-order valence-electron chi connectivity index (χ2n) is 10.1. The highest BCUT2D eigenvalue weighted by Gasteiger charge is 2.66. The van der Waals surface area contributed by atoms with Gasteiger partial charge >= 0.3 is 11.9 Å². The molecule has 0 aliphatic heterocycles. The molecule has 2 fully saturated rings. The first-order chi connectivity index (χ1) is 13.4. The summed E-state index contributed by atoms with van der Waals surface area (Å²) in [7, 11) is 0. The van der Waals surface area contributed by atoms with Gasteiger partial charge in [0, 0.05) is 19.3 Å². The molecule has 1 N–H and O–H groups in total. The molecule has 3 rings (SSSR count). The molecule has 0 amide bonds. The smallest absolute Gasteiger partial charge is 0.303 e. The van der Waals surface area contributed by atoms with Crippen LogP contribution in [0.15, 0.2) is 23.3 Å². The van der Waals surface area contributed by atoms with Crippen LogP contribution in [0.4, 0.5) is 0 Å². The Balaban J connectivity index is 2.31. The minimum Gasteiger partial charge on any atom is -0.458 e. The number of ether oxygens (including phenoxy) is 2. The number of esters is 2. The summed E-state index contributed by atoms with van der Waals surface area (Å²) < 4.78 is 11.8. The maximum absolute atomic E-state index is 12.2. The van der Waals surface area contributed by atoms with Gasteiger partial charge in [0.2, 0.25) is 0 Å². The van der Waals surface area contributed by atoms with E-state index in [1.54, 1.807) is 0 Å². The topological polar surface area (TPSA) is 72.8 Å². The van der Waals surface area contributed by atoms with Gasteiger partial charge < -0.3 is 14.6 Å². The molecule has 162 valence electrons. The first-order valence-electron chi connectivity index (χ1n) is 10.8. The van der Waals surface area contributed by atoms with E-state index in [0.717, 1.165) is 36.8 Å². The van der Waals surface area contributed by atoms with Crippen molar-refractivity contribution >= 4 is 11.9 Å². The molecule has 0 bridgehead atoms. The second-order valence-corrected chi connectivity index (χ2v) is 10.1. The number of allylic oxidation sites excluding steroid dienone is 1. The monoisotopic (exact) mass is 404 g/mol. The summed E-state index contributed by atoms with van der Waals surface area (Å²) in [4.78, 5) is 24.3. The lowest BCUT2D eigenvalue weighted by atomic mass is 9.57. The first kappa shape index (κ1) is 22.1. The Morgan fingerprint density at radius 3 is 2.28 bits per heavy atom. The van der Waals surface area contributed by atoms with Crippen molar-refractivity contribution in [3.8, 4) is 0 Å². The molecule has 5 atom stereocenters. The lowest BCUT2D eigenvalue weighted by molar-refractivity contribution is -0.194. The van der Waals surface area contributed by atoms with Gasteiger partial charge in [0.15, 0.2) is 12.2 Å². The van der Waals surface area contributed by atoms with Crippen LogP contribution in [0.5, 0.6) is 0 Å². The number of hydrogen-bond acceptors (Lipinski definition) is 5. The van der Waals surface area contributed by atoms with Crippen LogP contribution in [0.2, 0.25) is 0 Å². The number of hydrogen-bond donors (Lipinski definition) is 1. The van der Waals surface area contributed by atoms with Gasteiger partial charge in [-0.05, 0) is 61.0 Å². The van der Waals surface area contributed by atoms with E-state index in [1.807, 2.05) is 6.92 Å². The minimum absolute atomic E-state index is 0.286. The predicted octanol–water partition coefficient (Wildman–Crippen LogP) is 4.48. The van der Waals surface area contributed by atoms with Gasteiger partial charge in [-0.3, -0.25) is 9.59 Å². The third kappa shape index (κ3) is 3.35. The van der Waals surface area contributed by atoms with Crippen LogP contribution in [-0.4, -0.2) is 34.9 Å². The summed E-state index contributed by atoms with van der Waals surface area (Å²) in [6.07, 6.45) is 3.13. The van der Waals surface area contributed by atoms with Crippen LogP contribution < -0.4 is 0 Å². The Hall–Kier alpha value is -1.62. The summed E-state index contributed by atoms with van der Waals surface area (Å²) in [6.45, 7) is 15.4. The van der Waals surface area contributed by atoms with Gasteiger partial charge in [0.05, 0.1) is 5.60 Å². The van der Waals surface area contributed by atoms with E-state index < -0.39 is 35.2 Å². The number of fused-ring (bicyclic) bond motifs is 2. The third-order valence-corrected chi connectivity index (χ3v) is 7.76. The lowest BCUT2D eigenvalue weighted by Crippen LogP contribution is -2.59. The van der Waals surface area contributed by atoms with E-state index in [0.29, 0.717) is 12.8 Å². The summed E-state index contributed by atoms with van der Waals surface area (Å²) in [5.74, 6) is -0.547. The zero-order valence-corrected chi connectivity index (χ0v) is 18.8. The Morgan fingerprint density at radius 1 is 1.10 bits per heavy atom. The quantitative estimate of drug-likeness (QED) is 0.554. The van der Waals surface area contributed by atoms with Crippen molar-refractivity contribution in [3.05, 3.63) is 23.3 Å². The van der Waals surface area contributed by atoms with Crippen molar-refractivity contribution in [2.24, 2.45) is 16.7 Å². The molecule has 2 saturated carbocycles. The average molecular weight is 405 g/mol. The van der Waals surface area contributed by atoms with Crippen LogP contribution in [-0.2, 0) is 19.1 Å². The highest BCUT2D eigenvalue weighted by molar-refractivity contribution is 5.68. The number of carbonyl (C=O) groups excluding carboxylic acids is 2.